The van der Waals surface area contributed by atoms with Crippen LogP contribution < -0.4 is 19.1 Å². The van der Waals surface area contributed by atoms with Gasteiger partial charge in [-0.15, -0.1) is 0 Å². The molecule has 3 aromatic carbocycles. The maximum Gasteiger partial charge on any atom is 0.416 e. The number of nitrogens with zero attached hydrogens (tertiary/aromatic N) is 2. The lowest BCUT2D eigenvalue weighted by molar-refractivity contribution is -0.137. The highest BCUT2D eigenvalue weighted by atomic mass is 19.4. The number of benzene rings is 3. The number of para-hydroxylation sites is 2. The molecule has 0 fully saturated rings. The summed E-state index contributed by atoms with van der Waals surface area (Å²) in [5, 5.41) is 0. The van der Waals surface area contributed by atoms with E-state index in [2.05, 4.69) is 4.90 Å². The molecule has 3 aromatic rings. The second-order valence-corrected chi connectivity index (χ2v) is 10.7. The number of hydrogen-bond donors (Lipinski definition) is 0. The molecule has 0 aliphatic heterocycles. The number of hydrogen-bond acceptors (Lipinski definition) is 5. The fourth-order valence-electron chi connectivity index (χ4n) is 4.49. The Morgan fingerprint density at radius 3 is 2.24 bits per heavy atom. The molecule has 42 heavy (non-hydrogen) atoms. The molecule has 0 heterocycles. The van der Waals surface area contributed by atoms with Crippen LogP contribution in [0.1, 0.15) is 48.2 Å². The number of amides is 1. The highest BCUT2D eigenvalue weighted by Crippen LogP contribution is 2.33. The zero-order chi connectivity index (χ0) is 30.7. The topological polar surface area (TPSA) is 51.2 Å². The maximum atomic E-state index is 13.7. The Labute approximate surface area is 247 Å². The summed E-state index contributed by atoms with van der Waals surface area (Å²) < 4.78 is 56.9. The van der Waals surface area contributed by atoms with Gasteiger partial charge < -0.3 is 24.0 Å². The van der Waals surface area contributed by atoms with E-state index in [1.165, 1.54) is 17.0 Å². The van der Waals surface area contributed by atoms with E-state index in [1.54, 1.807) is 32.4 Å². The second-order valence-electron chi connectivity index (χ2n) is 10.7. The number of ether oxygens (including phenoxy) is 3. The van der Waals surface area contributed by atoms with Crippen molar-refractivity contribution in [1.29, 1.82) is 0 Å². The highest BCUT2D eigenvalue weighted by molar-refractivity contribution is 6.07. The summed E-state index contributed by atoms with van der Waals surface area (Å²) in [5.41, 5.74) is 0.807. The first kappa shape index (κ1) is 32.8. The molecule has 1 amide bonds. The Kier molecular flexibility index (Phi) is 12.1. The zero-order valence-corrected chi connectivity index (χ0v) is 25.0. The predicted octanol–water partition coefficient (Wildman–Crippen LogP) is 7.36. The Bertz CT molecular complexity index is 1300. The Balaban J connectivity index is 1.69. The van der Waals surface area contributed by atoms with E-state index < -0.39 is 17.6 Å². The van der Waals surface area contributed by atoms with Crippen molar-refractivity contribution >= 4 is 11.6 Å². The molecule has 228 valence electrons. The molecule has 0 unspecified atom stereocenters. The van der Waals surface area contributed by atoms with Crippen molar-refractivity contribution in [2.45, 2.75) is 39.3 Å². The van der Waals surface area contributed by atoms with Crippen LogP contribution in [-0.2, 0) is 12.6 Å². The van der Waals surface area contributed by atoms with Gasteiger partial charge in [0, 0.05) is 18.7 Å². The molecule has 0 aromatic heterocycles. The summed E-state index contributed by atoms with van der Waals surface area (Å²) in [5.74, 6) is 1.68. The lowest BCUT2D eigenvalue weighted by Crippen LogP contribution is -2.33. The number of likely N-dealkylation sites (N-methyl/N-ethyl adjacent to an activating group) is 1. The third kappa shape index (κ3) is 9.41. The van der Waals surface area contributed by atoms with Crippen molar-refractivity contribution in [2.24, 2.45) is 5.92 Å². The smallest absolute Gasteiger partial charge is 0.416 e. The summed E-state index contributed by atoms with van der Waals surface area (Å²) in [4.78, 5) is 17.4. The number of carbonyl (C=O) groups excluding carboxylic acids is 1. The quantitative estimate of drug-likeness (QED) is 0.174. The first-order valence-electron chi connectivity index (χ1n) is 14.1. The van der Waals surface area contributed by atoms with Gasteiger partial charge in [-0.2, -0.15) is 13.2 Å². The van der Waals surface area contributed by atoms with Gasteiger partial charge in [-0.25, -0.2) is 0 Å². The molecule has 0 radical (unpaired) electrons. The Hall–Kier alpha value is -3.72. The number of anilines is 1. The Morgan fingerprint density at radius 2 is 1.55 bits per heavy atom. The number of alkyl halides is 3. The van der Waals surface area contributed by atoms with Crippen molar-refractivity contribution in [3.63, 3.8) is 0 Å². The number of rotatable bonds is 15. The average molecular weight is 587 g/mol. The van der Waals surface area contributed by atoms with Gasteiger partial charge in [-0.05, 0) is 86.8 Å². The van der Waals surface area contributed by atoms with Crippen LogP contribution in [0.15, 0.2) is 66.7 Å². The predicted molar refractivity (Wildman–Crippen MR) is 160 cm³/mol. The van der Waals surface area contributed by atoms with Crippen molar-refractivity contribution in [3.05, 3.63) is 83.4 Å². The fraction of sp³-hybridized carbons (Fsp3) is 0.424. The standard InChI is InChI=1S/C33H41F3N2O4/c1-24(2)23-42-29-14-7-6-13-28(29)38(32(39)26-11-10-12-27(22-26)33(34,35)36)19-9-8-18-37(3)20-17-25-15-16-30(40-4)31(21-25)41-5/h6-7,10-16,21-22,24H,8-9,17-20,23H2,1-5H3. The van der Waals surface area contributed by atoms with Crippen LogP contribution in [-0.4, -0.2) is 58.3 Å². The van der Waals surface area contributed by atoms with E-state index in [4.69, 9.17) is 14.2 Å². The van der Waals surface area contributed by atoms with Crippen molar-refractivity contribution in [1.82, 2.24) is 4.90 Å². The molecule has 0 aliphatic rings. The molecular weight excluding hydrogens is 545 g/mol. The maximum absolute atomic E-state index is 13.7. The SMILES string of the molecule is COc1ccc(CCN(C)CCCCN(C(=O)c2cccc(C(F)(F)F)c2)c2ccccc2OCC(C)C)cc1OC. The third-order valence-electron chi connectivity index (χ3n) is 6.81. The highest BCUT2D eigenvalue weighted by Gasteiger charge is 2.31. The number of unbranched alkanes of at least 4 members (excludes halogenated alkanes) is 1. The van der Waals surface area contributed by atoms with Crippen LogP contribution in [0.25, 0.3) is 0 Å². The Morgan fingerprint density at radius 1 is 0.833 bits per heavy atom. The van der Waals surface area contributed by atoms with Crippen molar-refractivity contribution in [3.8, 4) is 17.2 Å². The summed E-state index contributed by atoms with van der Waals surface area (Å²) in [6.45, 7) is 6.46. The number of carbonyl (C=O) groups is 1. The van der Waals surface area contributed by atoms with Gasteiger partial charge in [0.05, 0.1) is 32.1 Å². The summed E-state index contributed by atoms with van der Waals surface area (Å²) in [6, 6.07) is 17.6. The molecule has 6 nitrogen and oxygen atoms in total. The molecule has 9 heteroatoms. The summed E-state index contributed by atoms with van der Waals surface area (Å²) in [7, 11) is 5.27. The molecule has 0 N–H and O–H groups in total. The molecule has 0 bridgehead atoms. The molecule has 0 saturated carbocycles. The van der Waals surface area contributed by atoms with Crippen molar-refractivity contribution in [2.75, 3.05) is 52.4 Å². The van der Waals surface area contributed by atoms with Crippen LogP contribution in [0.3, 0.4) is 0 Å². The van der Waals surface area contributed by atoms with Crippen LogP contribution in [0.5, 0.6) is 17.2 Å². The molecule has 3 rings (SSSR count). The first-order valence-corrected chi connectivity index (χ1v) is 14.1. The summed E-state index contributed by atoms with van der Waals surface area (Å²) >= 11 is 0. The van der Waals surface area contributed by atoms with Crippen LogP contribution in [0.2, 0.25) is 0 Å². The monoisotopic (exact) mass is 586 g/mol. The van der Waals surface area contributed by atoms with E-state index in [-0.39, 0.29) is 11.5 Å². The van der Waals surface area contributed by atoms with Crippen LogP contribution >= 0.6 is 0 Å². The van der Waals surface area contributed by atoms with Crippen molar-refractivity contribution < 1.29 is 32.2 Å². The van der Waals surface area contributed by atoms with E-state index in [9.17, 15) is 18.0 Å². The lowest BCUT2D eigenvalue weighted by Gasteiger charge is -2.26. The molecule has 0 saturated heterocycles. The minimum absolute atomic E-state index is 0.0180. The normalized spacial score (nSPS) is 11.6. The van der Waals surface area contributed by atoms with Crippen LogP contribution in [0.4, 0.5) is 18.9 Å². The summed E-state index contributed by atoms with van der Waals surface area (Å²) in [6.07, 6.45) is -2.26. The molecule has 0 spiro atoms. The number of halogens is 3. The lowest BCUT2D eigenvalue weighted by atomic mass is 10.1. The minimum Gasteiger partial charge on any atom is -0.493 e. The van der Waals surface area contributed by atoms with E-state index in [1.807, 2.05) is 45.2 Å². The molecule has 0 aliphatic carbocycles. The second kappa shape index (κ2) is 15.5. The van der Waals surface area contributed by atoms with Crippen LogP contribution in [0, 0.1) is 5.92 Å². The van der Waals surface area contributed by atoms with Gasteiger partial charge in [0.25, 0.3) is 5.91 Å². The van der Waals surface area contributed by atoms with Gasteiger partial charge in [0.15, 0.2) is 11.5 Å². The fourth-order valence-corrected chi connectivity index (χ4v) is 4.49. The third-order valence-corrected chi connectivity index (χ3v) is 6.81. The van der Waals surface area contributed by atoms with Gasteiger partial charge in [-0.1, -0.05) is 38.1 Å². The molecular formula is C33H41F3N2O4. The van der Waals surface area contributed by atoms with E-state index in [0.29, 0.717) is 42.5 Å². The first-order chi connectivity index (χ1) is 20.0. The largest absolute Gasteiger partial charge is 0.493 e. The van der Waals surface area contributed by atoms with E-state index >= 15 is 0 Å². The van der Waals surface area contributed by atoms with Gasteiger partial charge >= 0.3 is 6.18 Å². The zero-order valence-electron chi connectivity index (χ0n) is 25.0. The number of methoxy groups -OCH3 is 2. The average Bonchev–Trinajstić information content (AvgIpc) is 2.98. The van der Waals surface area contributed by atoms with Gasteiger partial charge in [0.1, 0.15) is 5.75 Å². The molecule has 0 atom stereocenters. The van der Waals surface area contributed by atoms with Gasteiger partial charge in [-0.3, -0.25) is 4.79 Å². The van der Waals surface area contributed by atoms with E-state index in [0.717, 1.165) is 43.6 Å². The van der Waals surface area contributed by atoms with Gasteiger partial charge in [0.2, 0.25) is 0 Å². The minimum atomic E-state index is -4.54.